The minimum atomic E-state index is 0.734. The minimum Gasteiger partial charge on any atom is -0.399 e. The number of fused-ring (bicyclic) bond motifs is 1. The van der Waals surface area contributed by atoms with E-state index in [9.17, 15) is 0 Å². The van der Waals surface area contributed by atoms with Crippen LogP contribution in [0.5, 0.6) is 0 Å². The van der Waals surface area contributed by atoms with Crippen LogP contribution in [0, 0.1) is 3.57 Å². The van der Waals surface area contributed by atoms with Gasteiger partial charge in [0.25, 0.3) is 0 Å². The summed E-state index contributed by atoms with van der Waals surface area (Å²) in [4.78, 5) is 0. The quantitative estimate of drug-likeness (QED) is 0.579. The molecule has 1 aromatic heterocycles. The zero-order valence-electron chi connectivity index (χ0n) is 6.17. The Balaban J connectivity index is 2.93. The van der Waals surface area contributed by atoms with Gasteiger partial charge in [0, 0.05) is 30.4 Å². The molecule has 0 amide bonds. The van der Waals surface area contributed by atoms with Gasteiger partial charge in [-0.25, -0.2) is 0 Å². The van der Waals surface area contributed by atoms with Crippen LogP contribution in [0.25, 0.3) is 10.1 Å². The van der Waals surface area contributed by atoms with E-state index < -0.39 is 0 Å². The number of hydrogen-bond donors (Lipinski definition) is 2. The summed E-state index contributed by atoms with van der Waals surface area (Å²) >= 11 is 3.96. The lowest BCUT2D eigenvalue weighted by atomic mass is 10.2. The van der Waals surface area contributed by atoms with Crippen molar-refractivity contribution in [2.24, 2.45) is 0 Å². The number of thiophene rings is 1. The van der Waals surface area contributed by atoms with Crippen molar-refractivity contribution in [3.8, 4) is 0 Å². The Morgan fingerprint density at radius 3 is 2.75 bits per heavy atom. The molecule has 2 rings (SSSR count). The Bertz CT molecular complexity index is 436. The second kappa shape index (κ2) is 2.77. The highest BCUT2D eigenvalue weighted by Gasteiger charge is 2.05. The lowest BCUT2D eigenvalue weighted by Crippen LogP contribution is -1.90. The van der Waals surface area contributed by atoms with Gasteiger partial charge in [0.2, 0.25) is 0 Å². The summed E-state index contributed by atoms with van der Waals surface area (Å²) in [7, 11) is 0. The van der Waals surface area contributed by atoms with Crippen molar-refractivity contribution in [1.29, 1.82) is 0 Å². The van der Waals surface area contributed by atoms with Crippen LogP contribution in [0.3, 0.4) is 0 Å². The fourth-order valence-corrected chi connectivity index (χ4v) is 3.25. The maximum atomic E-state index is 5.82. The van der Waals surface area contributed by atoms with E-state index in [0.717, 1.165) is 21.5 Å². The molecule has 0 fully saturated rings. The van der Waals surface area contributed by atoms with Gasteiger partial charge >= 0.3 is 0 Å². The number of rotatable bonds is 0. The summed E-state index contributed by atoms with van der Waals surface area (Å²) in [5.74, 6) is 0. The van der Waals surface area contributed by atoms with Crippen molar-refractivity contribution in [2.75, 3.05) is 11.5 Å². The molecule has 0 saturated heterocycles. The second-order valence-electron chi connectivity index (χ2n) is 2.57. The number of hydrogen-bond acceptors (Lipinski definition) is 3. The number of nitrogen functional groups attached to an aromatic ring is 2. The van der Waals surface area contributed by atoms with Gasteiger partial charge in [-0.2, -0.15) is 0 Å². The number of anilines is 2. The molecule has 0 spiro atoms. The van der Waals surface area contributed by atoms with Gasteiger partial charge in [0.05, 0.1) is 0 Å². The zero-order chi connectivity index (χ0) is 8.72. The molecule has 1 aromatic carbocycles. The third kappa shape index (κ3) is 1.15. The Morgan fingerprint density at radius 2 is 2.00 bits per heavy atom. The Morgan fingerprint density at radius 1 is 1.25 bits per heavy atom. The molecule has 0 unspecified atom stereocenters. The Kier molecular flexibility index (Phi) is 1.88. The molecule has 2 aromatic rings. The highest BCUT2D eigenvalue weighted by Crippen LogP contribution is 2.33. The van der Waals surface area contributed by atoms with E-state index in [1.165, 1.54) is 3.57 Å². The van der Waals surface area contributed by atoms with Crippen molar-refractivity contribution in [3.63, 3.8) is 0 Å². The predicted octanol–water partition coefficient (Wildman–Crippen LogP) is 2.67. The molecule has 0 atom stereocenters. The summed E-state index contributed by atoms with van der Waals surface area (Å²) < 4.78 is 2.36. The summed E-state index contributed by atoms with van der Waals surface area (Å²) in [5, 5.41) is 3.22. The van der Waals surface area contributed by atoms with E-state index in [0.29, 0.717) is 0 Å². The molecule has 12 heavy (non-hydrogen) atoms. The van der Waals surface area contributed by atoms with Crippen molar-refractivity contribution in [3.05, 3.63) is 21.1 Å². The largest absolute Gasteiger partial charge is 0.399 e. The molecule has 4 N–H and O–H groups in total. The maximum absolute atomic E-state index is 5.82. The van der Waals surface area contributed by atoms with Gasteiger partial charge in [-0.1, -0.05) is 0 Å². The Hall–Kier alpha value is -0.490. The fraction of sp³-hybridized carbons (Fsp3) is 0. The van der Waals surface area contributed by atoms with Crippen LogP contribution in [0.4, 0.5) is 11.4 Å². The summed E-state index contributed by atoms with van der Waals surface area (Å²) in [6.45, 7) is 0. The summed E-state index contributed by atoms with van der Waals surface area (Å²) in [5.41, 5.74) is 13.0. The van der Waals surface area contributed by atoms with Gasteiger partial charge in [-0.3, -0.25) is 0 Å². The molecule has 0 aliphatic carbocycles. The lowest BCUT2D eigenvalue weighted by molar-refractivity contribution is 1.75. The first kappa shape index (κ1) is 8.12. The van der Waals surface area contributed by atoms with Crippen LogP contribution in [-0.2, 0) is 0 Å². The van der Waals surface area contributed by atoms with Crippen LogP contribution in [0.2, 0.25) is 0 Å². The first-order valence-electron chi connectivity index (χ1n) is 3.40. The molecular weight excluding hydrogens is 283 g/mol. The molecule has 0 aliphatic rings. The van der Waals surface area contributed by atoms with E-state index in [2.05, 4.69) is 28.0 Å². The van der Waals surface area contributed by atoms with E-state index in [1.54, 1.807) is 17.4 Å². The van der Waals surface area contributed by atoms with E-state index in [-0.39, 0.29) is 0 Å². The Labute approximate surface area is 87.7 Å². The highest BCUT2D eigenvalue weighted by molar-refractivity contribution is 14.1. The molecule has 4 heteroatoms. The minimum absolute atomic E-state index is 0.734. The molecule has 1 heterocycles. The first-order chi connectivity index (χ1) is 5.68. The SMILES string of the molecule is Nc1cc(N)c2c(I)csc2c1. The molecule has 0 bridgehead atoms. The average Bonchev–Trinajstić information content (AvgIpc) is 2.31. The van der Waals surface area contributed by atoms with E-state index >= 15 is 0 Å². The first-order valence-corrected chi connectivity index (χ1v) is 5.36. The van der Waals surface area contributed by atoms with Gasteiger partial charge < -0.3 is 11.5 Å². The molecular formula is C8H7IN2S. The van der Waals surface area contributed by atoms with Crippen LogP contribution < -0.4 is 11.5 Å². The third-order valence-electron chi connectivity index (χ3n) is 1.68. The van der Waals surface area contributed by atoms with Crippen LogP contribution in [0.1, 0.15) is 0 Å². The maximum Gasteiger partial charge on any atom is 0.0433 e. The molecule has 2 nitrogen and oxygen atoms in total. The van der Waals surface area contributed by atoms with Crippen molar-refractivity contribution in [1.82, 2.24) is 0 Å². The fourth-order valence-electron chi connectivity index (χ4n) is 1.18. The van der Waals surface area contributed by atoms with Gasteiger partial charge in [0.15, 0.2) is 0 Å². The van der Waals surface area contributed by atoms with Crippen LogP contribution in [0.15, 0.2) is 17.5 Å². The number of benzene rings is 1. The van der Waals surface area contributed by atoms with E-state index in [1.807, 2.05) is 6.07 Å². The number of halogens is 1. The molecule has 0 aliphatic heterocycles. The zero-order valence-corrected chi connectivity index (χ0v) is 9.15. The van der Waals surface area contributed by atoms with Crippen molar-refractivity contribution < 1.29 is 0 Å². The highest BCUT2D eigenvalue weighted by atomic mass is 127. The summed E-state index contributed by atoms with van der Waals surface area (Å²) in [6, 6.07) is 3.76. The van der Waals surface area contributed by atoms with Crippen LogP contribution in [-0.4, -0.2) is 0 Å². The predicted molar refractivity (Wildman–Crippen MR) is 63.4 cm³/mol. The van der Waals surface area contributed by atoms with Gasteiger partial charge in [-0.15, -0.1) is 11.3 Å². The average molecular weight is 290 g/mol. The van der Waals surface area contributed by atoms with Gasteiger partial charge in [0.1, 0.15) is 0 Å². The second-order valence-corrected chi connectivity index (χ2v) is 4.64. The molecule has 0 radical (unpaired) electrons. The van der Waals surface area contributed by atoms with Crippen molar-refractivity contribution >= 4 is 55.4 Å². The van der Waals surface area contributed by atoms with E-state index in [4.69, 9.17) is 11.5 Å². The standard InChI is InChI=1S/C8H7IN2S/c9-5-3-12-7-2-4(10)1-6(11)8(5)7/h1-3H,10-11H2. The smallest absolute Gasteiger partial charge is 0.0433 e. The topological polar surface area (TPSA) is 52.0 Å². The molecule has 0 saturated carbocycles. The monoisotopic (exact) mass is 290 g/mol. The normalized spacial score (nSPS) is 10.8. The van der Waals surface area contributed by atoms with Crippen molar-refractivity contribution in [2.45, 2.75) is 0 Å². The summed E-state index contributed by atoms with van der Waals surface area (Å²) in [6.07, 6.45) is 0. The molecule has 62 valence electrons. The third-order valence-corrected chi connectivity index (χ3v) is 3.89. The van der Waals surface area contributed by atoms with Crippen LogP contribution >= 0.6 is 33.9 Å². The lowest BCUT2D eigenvalue weighted by Gasteiger charge is -1.98. The van der Waals surface area contributed by atoms with Gasteiger partial charge in [-0.05, 0) is 34.7 Å². The number of nitrogens with two attached hydrogens (primary N) is 2.